The Morgan fingerprint density at radius 1 is 1.39 bits per heavy atom. The van der Waals surface area contributed by atoms with Gasteiger partial charge in [-0.2, -0.15) is 0 Å². The molecule has 128 valence electrons. The average Bonchev–Trinajstić information content (AvgIpc) is 2.53. The number of nitrogens with zero attached hydrogens (tertiary/aromatic N) is 2. The summed E-state index contributed by atoms with van der Waals surface area (Å²) < 4.78 is 30.8. The summed E-state index contributed by atoms with van der Waals surface area (Å²) in [6.45, 7) is 5.23. The van der Waals surface area contributed by atoms with E-state index in [1.54, 1.807) is 17.0 Å². The minimum Gasteiger partial charge on any atom is -0.377 e. The number of hydroxylamine groups is 1. The van der Waals surface area contributed by atoms with Crippen molar-refractivity contribution in [2.24, 2.45) is 0 Å². The molecule has 1 fully saturated rings. The zero-order chi connectivity index (χ0) is 17.3. The molecule has 1 heterocycles. The molecule has 7 nitrogen and oxygen atoms in total. The van der Waals surface area contributed by atoms with E-state index in [0.29, 0.717) is 25.3 Å². The topological polar surface area (TPSA) is 76.2 Å². The van der Waals surface area contributed by atoms with E-state index >= 15 is 0 Å². The van der Waals surface area contributed by atoms with E-state index in [1.807, 2.05) is 13.8 Å². The van der Waals surface area contributed by atoms with Crippen molar-refractivity contribution < 1.29 is 22.8 Å². The molecule has 2 rings (SSSR count). The van der Waals surface area contributed by atoms with Crippen molar-refractivity contribution in [3.05, 3.63) is 29.8 Å². The number of hydrogen-bond donors (Lipinski definition) is 0. The number of ether oxygens (including phenoxy) is 1. The van der Waals surface area contributed by atoms with Crippen LogP contribution in [-0.2, 0) is 19.6 Å². The van der Waals surface area contributed by atoms with Crippen molar-refractivity contribution in [3.8, 4) is 0 Å². The highest BCUT2D eigenvalue weighted by molar-refractivity contribution is 7.89. The smallest absolute Gasteiger partial charge is 0.264 e. The van der Waals surface area contributed by atoms with Gasteiger partial charge in [0.05, 0.1) is 30.8 Å². The first-order chi connectivity index (χ1) is 10.7. The van der Waals surface area contributed by atoms with Gasteiger partial charge in [0.1, 0.15) is 0 Å². The van der Waals surface area contributed by atoms with E-state index in [-0.39, 0.29) is 10.8 Å². The van der Waals surface area contributed by atoms with Crippen molar-refractivity contribution in [2.75, 3.05) is 33.9 Å². The van der Waals surface area contributed by atoms with E-state index in [0.717, 1.165) is 4.47 Å². The molecular weight excluding hydrogens is 320 g/mol. The fourth-order valence-corrected chi connectivity index (χ4v) is 3.45. The molecule has 0 atom stereocenters. The number of benzene rings is 1. The molecule has 1 aliphatic rings. The Labute approximate surface area is 136 Å². The monoisotopic (exact) mass is 342 g/mol. The first kappa shape index (κ1) is 17.9. The van der Waals surface area contributed by atoms with Gasteiger partial charge in [-0.3, -0.25) is 9.63 Å². The lowest BCUT2D eigenvalue weighted by atomic mass is 10.0. The van der Waals surface area contributed by atoms with Gasteiger partial charge in [0.15, 0.2) is 0 Å². The van der Waals surface area contributed by atoms with Crippen molar-refractivity contribution in [3.63, 3.8) is 0 Å². The molecule has 1 aromatic carbocycles. The highest BCUT2D eigenvalue weighted by Crippen LogP contribution is 2.23. The zero-order valence-electron chi connectivity index (χ0n) is 13.8. The van der Waals surface area contributed by atoms with Crippen LogP contribution in [-0.4, -0.2) is 63.1 Å². The molecule has 0 radical (unpaired) electrons. The highest BCUT2D eigenvalue weighted by Gasteiger charge is 2.35. The lowest BCUT2D eigenvalue weighted by Gasteiger charge is -2.42. The van der Waals surface area contributed by atoms with Gasteiger partial charge in [-0.15, -0.1) is 0 Å². The predicted molar refractivity (Wildman–Crippen MR) is 84.3 cm³/mol. The Balaban J connectivity index is 2.35. The second kappa shape index (κ2) is 6.56. The van der Waals surface area contributed by atoms with E-state index in [2.05, 4.69) is 0 Å². The van der Waals surface area contributed by atoms with Gasteiger partial charge in [0.25, 0.3) is 15.9 Å². The molecule has 1 aromatic rings. The van der Waals surface area contributed by atoms with Gasteiger partial charge < -0.3 is 9.64 Å². The predicted octanol–water partition coefficient (Wildman–Crippen LogP) is 1.12. The molecule has 0 bridgehead atoms. The van der Waals surface area contributed by atoms with Gasteiger partial charge in [-0.25, -0.2) is 8.42 Å². The fraction of sp³-hybridized carbons (Fsp3) is 0.533. The Morgan fingerprint density at radius 3 is 2.70 bits per heavy atom. The van der Waals surface area contributed by atoms with Crippen LogP contribution in [0.2, 0.25) is 0 Å². The summed E-state index contributed by atoms with van der Waals surface area (Å²) in [5.74, 6) is -0.213. The Hall–Kier alpha value is -1.48. The molecule has 23 heavy (non-hydrogen) atoms. The van der Waals surface area contributed by atoms with Crippen molar-refractivity contribution in [2.45, 2.75) is 24.3 Å². The molecule has 0 aliphatic carbocycles. The third-order valence-electron chi connectivity index (χ3n) is 3.86. The fourth-order valence-electron chi connectivity index (χ4n) is 2.43. The molecular formula is C15H22N2O5S. The van der Waals surface area contributed by atoms with Crippen LogP contribution in [0.4, 0.5) is 0 Å². The van der Waals surface area contributed by atoms with Gasteiger partial charge in [-0.05, 0) is 32.0 Å². The first-order valence-electron chi connectivity index (χ1n) is 7.23. The SMILES string of the molecule is CON(C)S(=O)(=O)c1cccc(C(=O)N2CCOCC2(C)C)c1. The van der Waals surface area contributed by atoms with Gasteiger partial charge >= 0.3 is 0 Å². The Kier molecular flexibility index (Phi) is 5.10. The number of carbonyl (C=O) groups excluding carboxylic acids is 1. The van der Waals surface area contributed by atoms with E-state index < -0.39 is 15.6 Å². The number of hydrogen-bond acceptors (Lipinski definition) is 5. The quantitative estimate of drug-likeness (QED) is 0.767. The van der Waals surface area contributed by atoms with Crippen LogP contribution in [0.5, 0.6) is 0 Å². The molecule has 8 heteroatoms. The largest absolute Gasteiger partial charge is 0.377 e. The van der Waals surface area contributed by atoms with Crippen LogP contribution in [0.1, 0.15) is 24.2 Å². The van der Waals surface area contributed by atoms with Gasteiger partial charge in [-0.1, -0.05) is 10.5 Å². The summed E-state index contributed by atoms with van der Waals surface area (Å²) in [4.78, 5) is 19.2. The number of morpholine rings is 1. The summed E-state index contributed by atoms with van der Waals surface area (Å²) in [7, 11) is -1.22. The van der Waals surface area contributed by atoms with Crippen molar-refractivity contribution >= 4 is 15.9 Å². The lowest BCUT2D eigenvalue weighted by Crippen LogP contribution is -2.55. The summed E-state index contributed by atoms with van der Waals surface area (Å²) in [5.41, 5.74) is -0.112. The number of rotatable bonds is 4. The average molecular weight is 342 g/mol. The maximum Gasteiger partial charge on any atom is 0.264 e. The minimum atomic E-state index is -3.79. The van der Waals surface area contributed by atoms with E-state index in [1.165, 1.54) is 26.3 Å². The molecule has 0 N–H and O–H groups in total. The molecule has 0 spiro atoms. The summed E-state index contributed by atoms with van der Waals surface area (Å²) in [5, 5.41) is 0. The third-order valence-corrected chi connectivity index (χ3v) is 5.54. The highest BCUT2D eigenvalue weighted by atomic mass is 32.2. The van der Waals surface area contributed by atoms with Crippen LogP contribution in [0.15, 0.2) is 29.2 Å². The number of amides is 1. The molecule has 0 saturated carbocycles. The van der Waals surface area contributed by atoms with E-state index in [9.17, 15) is 13.2 Å². The minimum absolute atomic E-state index is 0.0127. The third kappa shape index (κ3) is 3.55. The summed E-state index contributed by atoms with van der Waals surface area (Å²) in [6.07, 6.45) is 0. The van der Waals surface area contributed by atoms with Crippen molar-refractivity contribution in [1.82, 2.24) is 9.37 Å². The second-order valence-corrected chi connectivity index (χ2v) is 7.88. The summed E-state index contributed by atoms with van der Waals surface area (Å²) in [6, 6.07) is 5.97. The number of sulfonamides is 1. The molecule has 1 saturated heterocycles. The Morgan fingerprint density at radius 2 is 2.09 bits per heavy atom. The molecule has 0 unspecified atom stereocenters. The lowest BCUT2D eigenvalue weighted by molar-refractivity contribution is -0.0370. The van der Waals surface area contributed by atoms with Crippen LogP contribution in [0.3, 0.4) is 0 Å². The maximum absolute atomic E-state index is 12.8. The van der Waals surface area contributed by atoms with Crippen LogP contribution < -0.4 is 0 Å². The maximum atomic E-state index is 12.8. The van der Waals surface area contributed by atoms with E-state index in [4.69, 9.17) is 9.57 Å². The summed E-state index contributed by atoms with van der Waals surface area (Å²) >= 11 is 0. The molecule has 1 aliphatic heterocycles. The van der Waals surface area contributed by atoms with Gasteiger partial charge in [0.2, 0.25) is 0 Å². The van der Waals surface area contributed by atoms with Crippen LogP contribution >= 0.6 is 0 Å². The normalized spacial score (nSPS) is 18.2. The van der Waals surface area contributed by atoms with Crippen LogP contribution in [0.25, 0.3) is 0 Å². The Bertz CT molecular complexity index is 687. The standard InChI is InChI=1S/C15H22N2O5S/c1-15(2)11-22-9-8-17(15)14(18)12-6-5-7-13(10-12)23(19,20)16(3)21-4/h5-7,10H,8-9,11H2,1-4H3. The molecule has 1 amide bonds. The zero-order valence-corrected chi connectivity index (χ0v) is 14.6. The van der Waals surface area contributed by atoms with Crippen molar-refractivity contribution in [1.29, 1.82) is 0 Å². The second-order valence-electron chi connectivity index (χ2n) is 5.95. The first-order valence-corrected chi connectivity index (χ1v) is 8.67. The molecule has 0 aromatic heterocycles. The number of carbonyl (C=O) groups is 1. The van der Waals surface area contributed by atoms with Gasteiger partial charge in [0, 0.05) is 19.2 Å². The van der Waals surface area contributed by atoms with Crippen LogP contribution in [0, 0.1) is 0 Å².